The molecule has 0 spiro atoms. The van der Waals surface area contributed by atoms with Crippen molar-refractivity contribution in [1.29, 1.82) is 0 Å². The first-order chi connectivity index (χ1) is 8.49. The van der Waals surface area contributed by atoms with E-state index in [1.54, 1.807) is 6.92 Å². The Morgan fingerprint density at radius 3 is 1.79 bits per heavy atom. The Kier molecular flexibility index (Phi) is 3.90. The summed E-state index contributed by atoms with van der Waals surface area (Å²) in [4.78, 5) is 49.2. The molecule has 0 N–H and O–H groups in total. The van der Waals surface area contributed by atoms with E-state index in [2.05, 4.69) is 0 Å². The molecule has 19 heavy (non-hydrogen) atoms. The third-order valence-electron chi connectivity index (χ3n) is 4.27. The number of hydrogen-bond donors (Lipinski definition) is 0. The van der Waals surface area contributed by atoms with Gasteiger partial charge in [-0.3, -0.25) is 19.2 Å². The Morgan fingerprint density at radius 2 is 1.47 bits per heavy atom. The van der Waals surface area contributed by atoms with E-state index in [1.165, 1.54) is 27.7 Å². The van der Waals surface area contributed by atoms with Crippen molar-refractivity contribution in [2.75, 3.05) is 0 Å². The summed E-state index contributed by atoms with van der Waals surface area (Å²) in [6, 6.07) is 0. The van der Waals surface area contributed by atoms with Crippen LogP contribution in [-0.4, -0.2) is 31.0 Å². The first-order valence-corrected chi connectivity index (χ1v) is 6.66. The molecule has 1 rings (SSSR count). The standard InChI is InChI=1S/C14H21BO4/c1-7(6-15)9(16)8-10(17)13(2,3)12(19)14(4,5)11(8)18/h7-8H,6,15H2,1-5H3. The van der Waals surface area contributed by atoms with Crippen molar-refractivity contribution in [3.05, 3.63) is 0 Å². The lowest BCUT2D eigenvalue weighted by molar-refractivity contribution is -0.162. The highest BCUT2D eigenvalue weighted by Crippen LogP contribution is 2.41. The van der Waals surface area contributed by atoms with Gasteiger partial charge in [0.15, 0.2) is 23.1 Å². The minimum Gasteiger partial charge on any atom is -0.298 e. The van der Waals surface area contributed by atoms with Gasteiger partial charge in [-0.05, 0) is 27.7 Å². The van der Waals surface area contributed by atoms with Crippen LogP contribution in [0.3, 0.4) is 0 Å². The maximum Gasteiger partial charge on any atom is 0.163 e. The van der Waals surface area contributed by atoms with E-state index >= 15 is 0 Å². The highest BCUT2D eigenvalue weighted by Gasteiger charge is 2.59. The van der Waals surface area contributed by atoms with Crippen LogP contribution in [0.15, 0.2) is 0 Å². The second-order valence-electron chi connectivity index (χ2n) is 6.45. The molecule has 1 unspecified atom stereocenters. The van der Waals surface area contributed by atoms with Crippen molar-refractivity contribution in [3.8, 4) is 0 Å². The van der Waals surface area contributed by atoms with Gasteiger partial charge in [0.25, 0.3) is 0 Å². The Balaban J connectivity index is 3.33. The van der Waals surface area contributed by atoms with Crippen molar-refractivity contribution in [2.45, 2.75) is 40.9 Å². The summed E-state index contributed by atoms with van der Waals surface area (Å²) in [6.07, 6.45) is 0.574. The second kappa shape index (κ2) is 4.69. The Labute approximate surface area is 114 Å². The topological polar surface area (TPSA) is 68.3 Å². The van der Waals surface area contributed by atoms with Gasteiger partial charge in [-0.15, -0.1) is 0 Å². The maximum absolute atomic E-state index is 12.4. The summed E-state index contributed by atoms with van der Waals surface area (Å²) in [7, 11) is 1.84. The molecule has 0 aromatic carbocycles. The zero-order chi connectivity index (χ0) is 15.2. The average molecular weight is 264 g/mol. The molecule has 0 bridgehead atoms. The number of carbonyl (C=O) groups excluding carboxylic acids is 4. The SMILES string of the molecule is BCC(C)C(=O)C1C(=O)C(C)(C)C(=O)C(C)(C)C1=O. The van der Waals surface area contributed by atoms with Gasteiger partial charge in [0.2, 0.25) is 0 Å². The summed E-state index contributed by atoms with van der Waals surface area (Å²) in [5, 5.41) is 0. The van der Waals surface area contributed by atoms with Gasteiger partial charge in [-0.25, -0.2) is 0 Å². The van der Waals surface area contributed by atoms with E-state index < -0.39 is 34.1 Å². The molecule has 1 saturated carbocycles. The van der Waals surface area contributed by atoms with E-state index in [9.17, 15) is 19.2 Å². The van der Waals surface area contributed by atoms with Crippen LogP contribution in [0.2, 0.25) is 6.32 Å². The molecule has 0 aromatic heterocycles. The number of ketones is 4. The average Bonchev–Trinajstić information content (AvgIpc) is 2.34. The highest BCUT2D eigenvalue weighted by atomic mass is 16.2. The Bertz CT molecular complexity index is 432. The van der Waals surface area contributed by atoms with Crippen molar-refractivity contribution < 1.29 is 19.2 Å². The molecular formula is C14H21BO4. The third kappa shape index (κ3) is 2.19. The molecular weight excluding hydrogens is 243 g/mol. The van der Waals surface area contributed by atoms with Crippen molar-refractivity contribution in [1.82, 2.24) is 0 Å². The van der Waals surface area contributed by atoms with Crippen LogP contribution in [0.4, 0.5) is 0 Å². The molecule has 5 heteroatoms. The number of Topliss-reactive ketones (excluding diaryl/α,β-unsaturated/α-hetero) is 4. The zero-order valence-electron chi connectivity index (χ0n) is 12.5. The minimum absolute atomic E-state index is 0.349. The lowest BCUT2D eigenvalue weighted by atomic mass is 9.57. The fourth-order valence-corrected chi connectivity index (χ4v) is 2.59. The van der Waals surface area contributed by atoms with Gasteiger partial charge in [-0.1, -0.05) is 13.2 Å². The highest BCUT2D eigenvalue weighted by molar-refractivity contribution is 6.35. The molecule has 104 valence electrons. The molecule has 0 radical (unpaired) electrons. The van der Waals surface area contributed by atoms with E-state index in [-0.39, 0.29) is 11.7 Å². The molecule has 1 aliphatic carbocycles. The second-order valence-corrected chi connectivity index (χ2v) is 6.45. The van der Waals surface area contributed by atoms with E-state index in [4.69, 9.17) is 0 Å². The monoisotopic (exact) mass is 264 g/mol. The summed E-state index contributed by atoms with van der Waals surface area (Å²) in [5.41, 5.74) is -2.55. The minimum atomic E-state index is -1.28. The van der Waals surface area contributed by atoms with Crippen LogP contribution in [0.5, 0.6) is 0 Å². The van der Waals surface area contributed by atoms with Gasteiger partial charge < -0.3 is 0 Å². The molecule has 0 aliphatic heterocycles. The number of carbonyl (C=O) groups is 4. The van der Waals surface area contributed by atoms with Gasteiger partial charge in [0.1, 0.15) is 13.8 Å². The third-order valence-corrected chi connectivity index (χ3v) is 4.27. The van der Waals surface area contributed by atoms with E-state index in [1.807, 2.05) is 7.85 Å². The molecule has 1 atom stereocenters. The molecule has 4 nitrogen and oxygen atoms in total. The van der Waals surface area contributed by atoms with Gasteiger partial charge in [0.05, 0.1) is 10.8 Å². The zero-order valence-corrected chi connectivity index (χ0v) is 12.5. The molecule has 0 aromatic rings. The van der Waals surface area contributed by atoms with Crippen LogP contribution >= 0.6 is 0 Å². The van der Waals surface area contributed by atoms with Crippen molar-refractivity contribution in [3.63, 3.8) is 0 Å². The van der Waals surface area contributed by atoms with Gasteiger partial charge in [0, 0.05) is 5.92 Å². The van der Waals surface area contributed by atoms with E-state index in [0.717, 1.165) is 0 Å². The lowest BCUT2D eigenvalue weighted by Gasteiger charge is -2.40. The normalized spacial score (nSPS) is 24.4. The number of hydrogen-bond acceptors (Lipinski definition) is 4. The summed E-state index contributed by atoms with van der Waals surface area (Å²) in [5.74, 6) is -3.48. The molecule has 0 amide bonds. The largest absolute Gasteiger partial charge is 0.298 e. The number of rotatable bonds is 3. The van der Waals surface area contributed by atoms with Crippen LogP contribution in [0, 0.1) is 22.7 Å². The van der Waals surface area contributed by atoms with Crippen LogP contribution in [-0.2, 0) is 19.2 Å². The van der Waals surface area contributed by atoms with Crippen LogP contribution in [0.25, 0.3) is 0 Å². The van der Waals surface area contributed by atoms with Crippen LogP contribution < -0.4 is 0 Å². The van der Waals surface area contributed by atoms with E-state index in [0.29, 0.717) is 6.32 Å². The quantitative estimate of drug-likeness (QED) is 0.554. The Hall–Kier alpha value is -1.26. The van der Waals surface area contributed by atoms with Gasteiger partial charge >= 0.3 is 0 Å². The smallest absolute Gasteiger partial charge is 0.163 e. The lowest BCUT2D eigenvalue weighted by Crippen LogP contribution is -2.59. The van der Waals surface area contributed by atoms with Crippen molar-refractivity contribution >= 4 is 31.0 Å². The first kappa shape index (κ1) is 15.8. The fourth-order valence-electron chi connectivity index (χ4n) is 2.59. The van der Waals surface area contributed by atoms with Crippen molar-refractivity contribution in [2.24, 2.45) is 22.7 Å². The molecule has 1 aliphatic rings. The predicted molar refractivity (Wildman–Crippen MR) is 73.6 cm³/mol. The van der Waals surface area contributed by atoms with Gasteiger partial charge in [-0.2, -0.15) is 0 Å². The Morgan fingerprint density at radius 1 is 1.11 bits per heavy atom. The molecule has 0 heterocycles. The summed E-state index contributed by atoms with van der Waals surface area (Å²) >= 11 is 0. The predicted octanol–water partition coefficient (Wildman–Crippen LogP) is 0.632. The fraction of sp³-hybridized carbons (Fsp3) is 0.714. The van der Waals surface area contributed by atoms with Crippen LogP contribution in [0.1, 0.15) is 34.6 Å². The molecule has 0 saturated heterocycles. The summed E-state index contributed by atoms with van der Waals surface area (Å²) in [6.45, 7) is 7.72. The summed E-state index contributed by atoms with van der Waals surface area (Å²) < 4.78 is 0. The first-order valence-electron chi connectivity index (χ1n) is 6.66. The maximum atomic E-state index is 12.4. The molecule has 1 fully saturated rings.